The number of hydrogen-bond donors (Lipinski definition) is 1. The van der Waals surface area contributed by atoms with Crippen LogP contribution in [0.2, 0.25) is 0 Å². The molecule has 2 aromatic rings. The third kappa shape index (κ3) is 3.73. The van der Waals surface area contributed by atoms with Crippen LogP contribution in [0.3, 0.4) is 0 Å². The number of fused-ring (bicyclic) bond motifs is 1. The molecule has 2 aliphatic rings. The van der Waals surface area contributed by atoms with Gasteiger partial charge in [-0.2, -0.15) is 11.8 Å². The van der Waals surface area contributed by atoms with Crippen LogP contribution in [0, 0.1) is 0 Å². The van der Waals surface area contributed by atoms with E-state index < -0.39 is 0 Å². The van der Waals surface area contributed by atoms with Crippen molar-refractivity contribution in [1.82, 2.24) is 19.8 Å². The summed E-state index contributed by atoms with van der Waals surface area (Å²) >= 11 is 1.95. The predicted octanol–water partition coefficient (Wildman–Crippen LogP) is 1.95. The number of rotatable bonds is 6. The zero-order valence-electron chi connectivity index (χ0n) is 16.7. The lowest BCUT2D eigenvalue weighted by Crippen LogP contribution is -2.40. The molecule has 0 bridgehead atoms. The monoisotopic (exact) mass is 404 g/mol. The van der Waals surface area contributed by atoms with Gasteiger partial charge in [-0.05, 0) is 38.3 Å². The summed E-state index contributed by atoms with van der Waals surface area (Å²) in [6, 6.07) is 4.05. The zero-order chi connectivity index (χ0) is 19.7. The number of likely N-dealkylation sites (tertiary alicyclic amines) is 2. The normalized spacial score (nSPS) is 23.5. The topological polar surface area (TPSA) is 70.7 Å². The van der Waals surface area contributed by atoms with Gasteiger partial charge in [0, 0.05) is 30.4 Å². The number of ether oxygens (including phenoxy) is 2. The lowest BCUT2D eigenvalue weighted by molar-refractivity contribution is 0.229. The van der Waals surface area contributed by atoms with Crippen LogP contribution in [0.4, 0.5) is 0 Å². The number of nitrogens with one attached hydrogen (secondary N) is 1. The first-order valence-corrected chi connectivity index (χ1v) is 11.1. The van der Waals surface area contributed by atoms with Crippen LogP contribution in [0.15, 0.2) is 16.9 Å². The maximum atomic E-state index is 12.6. The lowest BCUT2D eigenvalue weighted by atomic mass is 10.2. The Labute approximate surface area is 169 Å². The standard InChI is InChI=1S/C20H28N4O3S/c1-26-16-8-13-14(9-17(16)27-2)21-19(22-20(13)25)12-23-10-15(18(11-23)28-3)24-6-4-5-7-24/h8-9,15,18H,4-7,10-12H2,1-3H3,(H,21,22,25)/t15-,18-/m0/s1. The summed E-state index contributed by atoms with van der Waals surface area (Å²) in [5.74, 6) is 1.81. The smallest absolute Gasteiger partial charge is 0.258 e. The number of H-pyrrole nitrogens is 1. The highest BCUT2D eigenvalue weighted by molar-refractivity contribution is 7.99. The van der Waals surface area contributed by atoms with Crippen molar-refractivity contribution in [2.24, 2.45) is 0 Å². The quantitative estimate of drug-likeness (QED) is 0.789. The molecule has 1 N–H and O–H groups in total. The van der Waals surface area contributed by atoms with Gasteiger partial charge < -0.3 is 14.5 Å². The van der Waals surface area contributed by atoms with Crippen molar-refractivity contribution >= 4 is 22.7 Å². The minimum Gasteiger partial charge on any atom is -0.493 e. The fourth-order valence-corrected chi connectivity index (χ4v) is 5.35. The van der Waals surface area contributed by atoms with E-state index in [2.05, 4.69) is 21.0 Å². The molecule has 1 aromatic heterocycles. The van der Waals surface area contributed by atoms with Gasteiger partial charge in [0.1, 0.15) is 5.82 Å². The fraction of sp³-hybridized carbons (Fsp3) is 0.600. The Morgan fingerprint density at radius 3 is 2.57 bits per heavy atom. The summed E-state index contributed by atoms with van der Waals surface area (Å²) in [5, 5.41) is 1.12. The fourth-order valence-electron chi connectivity index (χ4n) is 4.42. The molecule has 0 aliphatic carbocycles. The third-order valence-electron chi connectivity index (χ3n) is 5.86. The highest BCUT2D eigenvalue weighted by Crippen LogP contribution is 2.31. The van der Waals surface area contributed by atoms with E-state index in [0.29, 0.717) is 46.1 Å². The van der Waals surface area contributed by atoms with Gasteiger partial charge in [0.25, 0.3) is 5.56 Å². The maximum Gasteiger partial charge on any atom is 0.258 e. The molecule has 1 aromatic carbocycles. The van der Waals surface area contributed by atoms with Crippen LogP contribution in [0.1, 0.15) is 18.7 Å². The molecule has 0 radical (unpaired) electrons. The van der Waals surface area contributed by atoms with Crippen molar-refractivity contribution in [3.05, 3.63) is 28.3 Å². The number of aromatic amines is 1. The van der Waals surface area contributed by atoms with E-state index in [0.717, 1.165) is 13.1 Å². The van der Waals surface area contributed by atoms with Crippen LogP contribution in [0.5, 0.6) is 11.5 Å². The molecule has 0 spiro atoms. The van der Waals surface area contributed by atoms with Crippen LogP contribution in [-0.2, 0) is 6.54 Å². The number of benzene rings is 1. The van der Waals surface area contributed by atoms with Gasteiger partial charge in [-0.3, -0.25) is 14.6 Å². The van der Waals surface area contributed by atoms with E-state index in [-0.39, 0.29) is 5.56 Å². The molecule has 7 nitrogen and oxygen atoms in total. The molecule has 152 valence electrons. The van der Waals surface area contributed by atoms with E-state index in [1.165, 1.54) is 25.9 Å². The van der Waals surface area contributed by atoms with Gasteiger partial charge in [-0.25, -0.2) is 4.98 Å². The van der Waals surface area contributed by atoms with Crippen LogP contribution in [0.25, 0.3) is 10.9 Å². The third-order valence-corrected chi connectivity index (χ3v) is 6.93. The Hall–Kier alpha value is -1.77. The molecular weight excluding hydrogens is 376 g/mol. The average molecular weight is 405 g/mol. The van der Waals surface area contributed by atoms with E-state index in [4.69, 9.17) is 14.5 Å². The van der Waals surface area contributed by atoms with Gasteiger partial charge in [-0.1, -0.05) is 0 Å². The molecule has 0 amide bonds. The van der Waals surface area contributed by atoms with Crippen molar-refractivity contribution in [1.29, 1.82) is 0 Å². The second-order valence-corrected chi connectivity index (χ2v) is 8.59. The summed E-state index contributed by atoms with van der Waals surface area (Å²) in [6.45, 7) is 5.13. The first kappa shape index (κ1) is 19.5. The zero-order valence-corrected chi connectivity index (χ0v) is 17.6. The Kier molecular flexibility index (Phi) is 5.80. The SMILES string of the molecule is COc1cc2nc(CN3C[C@H](SC)[C@@H](N4CCCC4)C3)[nH]c(=O)c2cc1OC. The molecule has 8 heteroatoms. The number of nitrogens with zero attached hydrogens (tertiary/aromatic N) is 3. The minimum atomic E-state index is -0.141. The van der Waals surface area contributed by atoms with Gasteiger partial charge in [0.05, 0.1) is 31.7 Å². The van der Waals surface area contributed by atoms with E-state index in [1.54, 1.807) is 26.4 Å². The molecule has 0 unspecified atom stereocenters. The molecule has 2 atom stereocenters. The Morgan fingerprint density at radius 2 is 1.89 bits per heavy atom. The molecule has 28 heavy (non-hydrogen) atoms. The molecule has 2 fully saturated rings. The maximum absolute atomic E-state index is 12.6. The summed E-state index contributed by atoms with van der Waals surface area (Å²) in [5.41, 5.74) is 0.491. The van der Waals surface area contributed by atoms with Gasteiger partial charge >= 0.3 is 0 Å². The van der Waals surface area contributed by atoms with Gasteiger partial charge in [0.15, 0.2) is 11.5 Å². The second-order valence-electron chi connectivity index (χ2n) is 7.52. The Bertz CT molecular complexity index is 897. The molecule has 4 rings (SSSR count). The van der Waals surface area contributed by atoms with E-state index >= 15 is 0 Å². The Balaban J connectivity index is 1.57. The first-order valence-electron chi connectivity index (χ1n) is 9.77. The number of aromatic nitrogens is 2. The number of methoxy groups -OCH3 is 2. The molecular formula is C20H28N4O3S. The van der Waals surface area contributed by atoms with Gasteiger partial charge in [0.2, 0.25) is 0 Å². The van der Waals surface area contributed by atoms with Crippen molar-refractivity contribution in [2.75, 3.05) is 46.7 Å². The number of thioether (sulfide) groups is 1. The molecule has 0 saturated carbocycles. The van der Waals surface area contributed by atoms with Crippen LogP contribution < -0.4 is 15.0 Å². The summed E-state index contributed by atoms with van der Waals surface area (Å²) in [4.78, 5) is 25.3. The van der Waals surface area contributed by atoms with E-state index in [1.807, 2.05) is 11.8 Å². The van der Waals surface area contributed by atoms with Crippen molar-refractivity contribution < 1.29 is 9.47 Å². The summed E-state index contributed by atoms with van der Waals surface area (Å²) in [7, 11) is 3.15. The highest BCUT2D eigenvalue weighted by atomic mass is 32.2. The molecule has 2 saturated heterocycles. The van der Waals surface area contributed by atoms with Crippen LogP contribution >= 0.6 is 11.8 Å². The van der Waals surface area contributed by atoms with Crippen molar-refractivity contribution in [3.8, 4) is 11.5 Å². The largest absolute Gasteiger partial charge is 0.493 e. The molecule has 2 aliphatic heterocycles. The van der Waals surface area contributed by atoms with Crippen LogP contribution in [-0.4, -0.2) is 77.7 Å². The van der Waals surface area contributed by atoms with Crippen molar-refractivity contribution in [2.45, 2.75) is 30.7 Å². The predicted molar refractivity (Wildman–Crippen MR) is 113 cm³/mol. The second kappa shape index (κ2) is 8.31. The first-order chi connectivity index (χ1) is 13.6. The lowest BCUT2D eigenvalue weighted by Gasteiger charge is -2.27. The van der Waals surface area contributed by atoms with E-state index in [9.17, 15) is 4.79 Å². The van der Waals surface area contributed by atoms with Crippen molar-refractivity contribution in [3.63, 3.8) is 0 Å². The number of hydrogen-bond acceptors (Lipinski definition) is 7. The summed E-state index contributed by atoms with van der Waals surface area (Å²) < 4.78 is 10.7. The average Bonchev–Trinajstić information content (AvgIpc) is 3.36. The Morgan fingerprint density at radius 1 is 1.18 bits per heavy atom. The minimum absolute atomic E-state index is 0.141. The highest BCUT2D eigenvalue weighted by Gasteiger charge is 2.37. The molecule has 3 heterocycles. The van der Waals surface area contributed by atoms with Gasteiger partial charge in [-0.15, -0.1) is 0 Å². The summed E-state index contributed by atoms with van der Waals surface area (Å²) in [6.07, 6.45) is 4.82.